The second kappa shape index (κ2) is 7.27. The Hall–Kier alpha value is -2.07. The molecule has 0 saturated heterocycles. The van der Waals surface area contributed by atoms with E-state index >= 15 is 0 Å². The van der Waals surface area contributed by atoms with Gasteiger partial charge in [-0.3, -0.25) is 4.79 Å². The molecule has 2 aromatic rings. The summed E-state index contributed by atoms with van der Waals surface area (Å²) < 4.78 is 7.10. The minimum atomic E-state index is -0.338. The first-order chi connectivity index (χ1) is 10.5. The molecule has 1 aromatic carbocycles. The predicted octanol–water partition coefficient (Wildman–Crippen LogP) is 3.40. The topological polar surface area (TPSA) is 42.2 Å². The molecule has 5 heteroatoms. The summed E-state index contributed by atoms with van der Waals surface area (Å²) in [6.45, 7) is 3.94. The molecule has 116 valence electrons. The van der Waals surface area contributed by atoms with Crippen molar-refractivity contribution in [3.05, 3.63) is 53.3 Å². The number of amides is 1. The molecule has 1 aromatic heterocycles. The molecule has 0 unspecified atom stereocenters. The van der Waals surface area contributed by atoms with Crippen molar-refractivity contribution in [2.75, 3.05) is 12.4 Å². The number of pyridine rings is 1. The lowest BCUT2D eigenvalue weighted by Crippen LogP contribution is -2.44. The zero-order valence-electron chi connectivity index (χ0n) is 13.0. The van der Waals surface area contributed by atoms with Gasteiger partial charge in [0.1, 0.15) is 5.75 Å². The number of nitrogens with zero attached hydrogens (tertiary/aromatic N) is 1. The molecule has 4 nitrogen and oxygen atoms in total. The highest BCUT2D eigenvalue weighted by Crippen LogP contribution is 2.28. The molecule has 1 N–H and O–H groups in total. The molecular formula is C17H20ClN2O2+. The molecule has 0 fully saturated rings. The van der Waals surface area contributed by atoms with Crippen LogP contribution in [0.15, 0.2) is 42.7 Å². The Balaban J connectivity index is 2.15. The van der Waals surface area contributed by atoms with E-state index in [2.05, 4.69) is 12.2 Å². The van der Waals surface area contributed by atoms with Crippen molar-refractivity contribution in [3.8, 4) is 5.75 Å². The van der Waals surface area contributed by atoms with E-state index in [9.17, 15) is 4.79 Å². The Kier molecular flexibility index (Phi) is 5.39. The van der Waals surface area contributed by atoms with E-state index in [1.54, 1.807) is 25.3 Å². The highest BCUT2D eigenvalue weighted by molar-refractivity contribution is 6.31. The van der Waals surface area contributed by atoms with Crippen molar-refractivity contribution in [2.45, 2.75) is 26.3 Å². The minimum absolute atomic E-state index is 0.130. The summed E-state index contributed by atoms with van der Waals surface area (Å²) in [5.41, 5.74) is 1.80. The Morgan fingerprint density at radius 3 is 2.59 bits per heavy atom. The molecule has 1 amide bonds. The van der Waals surface area contributed by atoms with Crippen LogP contribution in [0.5, 0.6) is 5.75 Å². The van der Waals surface area contributed by atoms with Crippen LogP contribution in [-0.4, -0.2) is 13.0 Å². The van der Waals surface area contributed by atoms with E-state index in [1.807, 2.05) is 36.0 Å². The lowest BCUT2D eigenvalue weighted by atomic mass is 10.2. The molecule has 2 rings (SSSR count). The Morgan fingerprint density at radius 2 is 2.00 bits per heavy atom. The smallest absolute Gasteiger partial charge is 0.293 e. The highest BCUT2D eigenvalue weighted by Gasteiger charge is 2.22. The van der Waals surface area contributed by atoms with E-state index in [4.69, 9.17) is 16.3 Å². The van der Waals surface area contributed by atoms with Gasteiger partial charge in [-0.25, -0.2) is 0 Å². The summed E-state index contributed by atoms with van der Waals surface area (Å²) in [4.78, 5) is 12.4. The normalized spacial score (nSPS) is 11.8. The maximum absolute atomic E-state index is 12.4. The van der Waals surface area contributed by atoms with Crippen LogP contribution in [0.2, 0.25) is 5.02 Å². The van der Waals surface area contributed by atoms with Crippen molar-refractivity contribution in [1.82, 2.24) is 0 Å². The lowest BCUT2D eigenvalue weighted by molar-refractivity contribution is -0.705. The van der Waals surface area contributed by atoms with Crippen LogP contribution in [0.4, 0.5) is 5.69 Å². The standard InChI is InChI=1S/C17H19ClN2O2/c1-4-13-7-9-20(10-8-13)12(2)17(21)19-15-11-14(18)5-6-16(15)22-3/h5-12H,4H2,1-3H3/p+1/t12-/m0/s1. The number of aryl methyl sites for hydroxylation is 1. The van der Waals surface area contributed by atoms with Crippen LogP contribution >= 0.6 is 11.6 Å². The number of hydrogen-bond donors (Lipinski definition) is 1. The summed E-state index contributed by atoms with van der Waals surface area (Å²) in [5, 5.41) is 3.41. The first kappa shape index (κ1) is 16.3. The zero-order valence-corrected chi connectivity index (χ0v) is 13.7. The van der Waals surface area contributed by atoms with Gasteiger partial charge in [-0.15, -0.1) is 0 Å². The highest BCUT2D eigenvalue weighted by atomic mass is 35.5. The first-order valence-electron chi connectivity index (χ1n) is 7.19. The molecule has 1 atom stereocenters. The van der Waals surface area contributed by atoms with Gasteiger partial charge in [0, 0.05) is 24.1 Å². The summed E-state index contributed by atoms with van der Waals surface area (Å²) in [6, 6.07) is 8.82. The van der Waals surface area contributed by atoms with Gasteiger partial charge in [0.05, 0.1) is 12.8 Å². The summed E-state index contributed by atoms with van der Waals surface area (Å²) in [6.07, 6.45) is 4.80. The maximum atomic E-state index is 12.4. The Labute approximate surface area is 135 Å². The third kappa shape index (κ3) is 3.77. The van der Waals surface area contributed by atoms with Crippen molar-refractivity contribution in [3.63, 3.8) is 0 Å². The number of aromatic nitrogens is 1. The largest absolute Gasteiger partial charge is 0.495 e. The number of methoxy groups -OCH3 is 1. The van der Waals surface area contributed by atoms with Crippen molar-refractivity contribution >= 4 is 23.2 Å². The van der Waals surface area contributed by atoms with Crippen LogP contribution in [0.3, 0.4) is 0 Å². The van der Waals surface area contributed by atoms with Crippen LogP contribution < -0.4 is 14.6 Å². The minimum Gasteiger partial charge on any atom is -0.495 e. The molecule has 0 aliphatic carbocycles. The third-order valence-corrected chi connectivity index (χ3v) is 3.81. The number of anilines is 1. The van der Waals surface area contributed by atoms with E-state index < -0.39 is 0 Å². The lowest BCUT2D eigenvalue weighted by Gasteiger charge is -2.12. The number of hydrogen-bond acceptors (Lipinski definition) is 2. The molecule has 0 bridgehead atoms. The van der Waals surface area contributed by atoms with Crippen LogP contribution in [0.25, 0.3) is 0 Å². The van der Waals surface area contributed by atoms with Crippen molar-refractivity contribution in [2.24, 2.45) is 0 Å². The maximum Gasteiger partial charge on any atom is 0.293 e. The van der Waals surface area contributed by atoms with Gasteiger partial charge in [-0.05, 0) is 30.2 Å². The molecular weight excluding hydrogens is 300 g/mol. The van der Waals surface area contributed by atoms with Crippen molar-refractivity contribution < 1.29 is 14.1 Å². The van der Waals surface area contributed by atoms with E-state index in [1.165, 1.54) is 5.56 Å². The number of carbonyl (C=O) groups excluding carboxylic acids is 1. The monoisotopic (exact) mass is 319 g/mol. The Bertz CT molecular complexity index is 656. The SMILES string of the molecule is CCc1cc[n+]([C@@H](C)C(=O)Nc2cc(Cl)ccc2OC)cc1. The predicted molar refractivity (Wildman–Crippen MR) is 87.4 cm³/mol. The third-order valence-electron chi connectivity index (χ3n) is 3.58. The number of rotatable bonds is 5. The number of halogens is 1. The first-order valence-corrected chi connectivity index (χ1v) is 7.57. The second-order valence-corrected chi connectivity index (χ2v) is 5.45. The van der Waals surface area contributed by atoms with Crippen LogP contribution in [0, 0.1) is 0 Å². The Morgan fingerprint density at radius 1 is 1.32 bits per heavy atom. The quantitative estimate of drug-likeness (QED) is 0.858. The average molecular weight is 320 g/mol. The van der Waals surface area contributed by atoms with E-state index in [0.29, 0.717) is 16.5 Å². The van der Waals surface area contributed by atoms with Crippen LogP contribution in [-0.2, 0) is 11.2 Å². The number of ether oxygens (including phenoxy) is 1. The zero-order chi connectivity index (χ0) is 16.1. The molecule has 22 heavy (non-hydrogen) atoms. The fourth-order valence-electron chi connectivity index (χ4n) is 2.11. The van der Waals surface area contributed by atoms with Gasteiger partial charge in [0.15, 0.2) is 12.4 Å². The number of benzene rings is 1. The molecule has 0 saturated carbocycles. The van der Waals surface area contributed by atoms with Gasteiger partial charge in [-0.1, -0.05) is 18.5 Å². The summed E-state index contributed by atoms with van der Waals surface area (Å²) >= 11 is 5.98. The fraction of sp³-hybridized carbons (Fsp3) is 0.294. The molecule has 1 heterocycles. The van der Waals surface area contributed by atoms with Gasteiger partial charge in [0.2, 0.25) is 6.04 Å². The molecule has 0 aliphatic rings. The molecule has 0 spiro atoms. The summed E-state index contributed by atoms with van der Waals surface area (Å²) in [5.74, 6) is 0.450. The molecule has 0 radical (unpaired) electrons. The van der Waals surface area contributed by atoms with Gasteiger partial charge >= 0.3 is 0 Å². The van der Waals surface area contributed by atoms with Crippen LogP contribution in [0.1, 0.15) is 25.5 Å². The van der Waals surface area contributed by atoms with Gasteiger partial charge in [0.25, 0.3) is 5.91 Å². The van der Waals surface area contributed by atoms with E-state index in [0.717, 1.165) is 6.42 Å². The number of nitrogens with one attached hydrogen (secondary N) is 1. The fourth-order valence-corrected chi connectivity index (χ4v) is 2.29. The molecule has 0 aliphatic heterocycles. The van der Waals surface area contributed by atoms with Gasteiger partial charge in [-0.2, -0.15) is 4.57 Å². The number of carbonyl (C=O) groups is 1. The average Bonchev–Trinajstić information content (AvgIpc) is 2.54. The van der Waals surface area contributed by atoms with E-state index in [-0.39, 0.29) is 11.9 Å². The second-order valence-electron chi connectivity index (χ2n) is 5.02. The van der Waals surface area contributed by atoms with Crippen molar-refractivity contribution in [1.29, 1.82) is 0 Å². The summed E-state index contributed by atoms with van der Waals surface area (Å²) in [7, 11) is 1.56. The van der Waals surface area contributed by atoms with Gasteiger partial charge < -0.3 is 10.1 Å².